The highest BCUT2D eigenvalue weighted by molar-refractivity contribution is 5.82. The van der Waals surface area contributed by atoms with Crippen LogP contribution in [0.3, 0.4) is 0 Å². The number of hydrogen-bond acceptors (Lipinski definition) is 6. The van der Waals surface area contributed by atoms with Crippen molar-refractivity contribution in [2.24, 2.45) is 0 Å². The van der Waals surface area contributed by atoms with Gasteiger partial charge in [0.15, 0.2) is 11.5 Å². The summed E-state index contributed by atoms with van der Waals surface area (Å²) in [6.07, 6.45) is 0.586. The Morgan fingerprint density at radius 3 is 2.52 bits per heavy atom. The second kappa shape index (κ2) is 7.38. The molecular weight excluding hydrogens is 383 g/mol. The highest BCUT2D eigenvalue weighted by atomic mass is 19.4. The third-order valence-corrected chi connectivity index (χ3v) is 4.30. The number of alkyl halides is 3. The molecule has 0 aliphatic heterocycles. The number of nitrogens with one attached hydrogen (secondary N) is 1. The Bertz CT molecular complexity index is 1120. The molecule has 3 aromatic heterocycles. The van der Waals surface area contributed by atoms with Crippen molar-refractivity contribution in [2.45, 2.75) is 19.3 Å². The number of anilines is 2. The molecule has 4 aromatic rings. The molecule has 10 heteroatoms. The van der Waals surface area contributed by atoms with E-state index in [0.717, 1.165) is 17.7 Å². The van der Waals surface area contributed by atoms with Gasteiger partial charge in [0.2, 0.25) is 5.95 Å². The van der Waals surface area contributed by atoms with Crippen LogP contribution in [0.2, 0.25) is 0 Å². The average Bonchev–Trinajstić information content (AvgIpc) is 3.10. The summed E-state index contributed by atoms with van der Waals surface area (Å²) >= 11 is 0. The molecule has 0 saturated carbocycles. The van der Waals surface area contributed by atoms with Crippen LogP contribution in [0.5, 0.6) is 0 Å². The molecule has 148 valence electrons. The number of rotatable bonds is 5. The lowest BCUT2D eigenvalue weighted by Gasteiger charge is -2.09. The fourth-order valence-electron chi connectivity index (χ4n) is 2.84. The van der Waals surface area contributed by atoms with E-state index in [1.807, 2.05) is 12.1 Å². The van der Waals surface area contributed by atoms with Crippen molar-refractivity contribution in [3.8, 4) is 0 Å². The van der Waals surface area contributed by atoms with Crippen LogP contribution in [-0.4, -0.2) is 24.5 Å². The summed E-state index contributed by atoms with van der Waals surface area (Å²) in [7, 11) is 0. The summed E-state index contributed by atoms with van der Waals surface area (Å²) in [4.78, 5) is 16.9. The maximum atomic E-state index is 12.7. The molecule has 0 saturated heterocycles. The lowest BCUT2D eigenvalue weighted by atomic mass is 10.1. The largest absolute Gasteiger partial charge is 0.416 e. The number of fused-ring (bicyclic) bond motifs is 1. The molecule has 0 fully saturated rings. The van der Waals surface area contributed by atoms with Gasteiger partial charge in [-0.2, -0.15) is 23.1 Å². The number of aromatic nitrogens is 5. The fraction of sp³-hybridized carbons (Fsp3) is 0.158. The molecule has 0 aliphatic rings. The third kappa shape index (κ3) is 4.10. The van der Waals surface area contributed by atoms with Crippen LogP contribution < -0.4 is 11.1 Å². The Kier molecular flexibility index (Phi) is 4.75. The molecule has 7 nitrogen and oxygen atoms in total. The van der Waals surface area contributed by atoms with Crippen molar-refractivity contribution < 1.29 is 13.2 Å². The smallest absolute Gasteiger partial charge is 0.382 e. The molecule has 0 amide bonds. The molecular formula is C19H16F3N7. The van der Waals surface area contributed by atoms with E-state index in [1.165, 1.54) is 18.5 Å². The first kappa shape index (κ1) is 18.7. The first-order valence-electron chi connectivity index (χ1n) is 8.67. The van der Waals surface area contributed by atoms with Gasteiger partial charge in [-0.3, -0.25) is 4.98 Å². The Hall–Kier alpha value is -3.69. The van der Waals surface area contributed by atoms with E-state index in [9.17, 15) is 13.2 Å². The first-order chi connectivity index (χ1) is 13.9. The third-order valence-electron chi connectivity index (χ3n) is 4.30. The molecule has 0 bridgehead atoms. The molecule has 29 heavy (non-hydrogen) atoms. The summed E-state index contributed by atoms with van der Waals surface area (Å²) in [5, 5.41) is 3.09. The van der Waals surface area contributed by atoms with Crippen molar-refractivity contribution in [2.75, 3.05) is 11.1 Å². The maximum absolute atomic E-state index is 12.7. The van der Waals surface area contributed by atoms with Crippen molar-refractivity contribution in [1.82, 2.24) is 24.5 Å². The molecule has 3 N–H and O–H groups in total. The van der Waals surface area contributed by atoms with Gasteiger partial charge in [0, 0.05) is 18.9 Å². The summed E-state index contributed by atoms with van der Waals surface area (Å²) in [6, 6.07) is 8.71. The first-order valence-corrected chi connectivity index (χ1v) is 8.67. The number of halogens is 3. The number of nitrogen functional groups attached to an aromatic ring is 1. The predicted octanol–water partition coefficient (Wildman–Crippen LogP) is 3.48. The van der Waals surface area contributed by atoms with Gasteiger partial charge >= 0.3 is 6.18 Å². The van der Waals surface area contributed by atoms with Gasteiger partial charge in [0.1, 0.15) is 5.52 Å². The van der Waals surface area contributed by atoms with Gasteiger partial charge in [-0.1, -0.05) is 18.2 Å². The van der Waals surface area contributed by atoms with Crippen molar-refractivity contribution >= 4 is 22.9 Å². The Labute approximate surface area is 163 Å². The zero-order chi connectivity index (χ0) is 20.4. The molecule has 0 atom stereocenters. The number of imidazole rings is 1. The van der Waals surface area contributed by atoms with Crippen molar-refractivity contribution in [3.63, 3.8) is 0 Å². The number of nitrogens with zero attached hydrogens (tertiary/aromatic N) is 5. The maximum Gasteiger partial charge on any atom is 0.416 e. The lowest BCUT2D eigenvalue weighted by Crippen LogP contribution is -2.08. The number of pyridine rings is 1. The van der Waals surface area contributed by atoms with E-state index in [-0.39, 0.29) is 5.82 Å². The summed E-state index contributed by atoms with van der Waals surface area (Å²) < 4.78 is 39.9. The second-order valence-corrected chi connectivity index (χ2v) is 6.39. The lowest BCUT2D eigenvalue weighted by molar-refractivity contribution is -0.137. The molecule has 4 rings (SSSR count). The van der Waals surface area contributed by atoms with Crippen LogP contribution in [0.1, 0.15) is 16.7 Å². The Morgan fingerprint density at radius 1 is 1.03 bits per heavy atom. The van der Waals surface area contributed by atoms with E-state index in [1.54, 1.807) is 17.0 Å². The highest BCUT2D eigenvalue weighted by Gasteiger charge is 2.29. The minimum Gasteiger partial charge on any atom is -0.382 e. The number of hydrogen-bond donors (Lipinski definition) is 2. The molecule has 1 aromatic carbocycles. The van der Waals surface area contributed by atoms with E-state index in [4.69, 9.17) is 5.73 Å². The van der Waals surface area contributed by atoms with E-state index in [2.05, 4.69) is 25.3 Å². The Balaban J connectivity index is 1.57. The summed E-state index contributed by atoms with van der Waals surface area (Å²) in [5.74, 6) is 0.544. The van der Waals surface area contributed by atoms with E-state index >= 15 is 0 Å². The monoisotopic (exact) mass is 399 g/mol. The topological polar surface area (TPSA) is 94.5 Å². The van der Waals surface area contributed by atoms with Gasteiger partial charge in [-0.15, -0.1) is 0 Å². The minimum atomic E-state index is -4.36. The fourth-order valence-corrected chi connectivity index (χ4v) is 2.84. The van der Waals surface area contributed by atoms with Crippen molar-refractivity contribution in [1.29, 1.82) is 0 Å². The van der Waals surface area contributed by atoms with Gasteiger partial charge in [0.05, 0.1) is 18.4 Å². The normalized spacial score (nSPS) is 11.7. The highest BCUT2D eigenvalue weighted by Crippen LogP contribution is 2.29. The average molecular weight is 399 g/mol. The molecule has 0 unspecified atom stereocenters. The van der Waals surface area contributed by atoms with Crippen LogP contribution in [0.15, 0.2) is 55.1 Å². The van der Waals surface area contributed by atoms with Crippen LogP contribution >= 0.6 is 0 Å². The molecule has 3 heterocycles. The summed E-state index contributed by atoms with van der Waals surface area (Å²) in [6.45, 7) is 0.763. The number of benzene rings is 1. The molecule has 0 spiro atoms. The molecule has 0 radical (unpaired) electrons. The SMILES string of the molecule is Nc1nc(NCc2cccnc2)nc2c1ncn2Cc1ccc(C(F)(F)F)cc1. The minimum absolute atomic E-state index is 0.217. The quantitative estimate of drug-likeness (QED) is 0.534. The van der Waals surface area contributed by atoms with Crippen LogP contribution in [0.25, 0.3) is 11.2 Å². The van der Waals surface area contributed by atoms with Crippen molar-refractivity contribution in [3.05, 3.63) is 71.8 Å². The summed E-state index contributed by atoms with van der Waals surface area (Å²) in [5.41, 5.74) is 7.86. The molecule has 0 aliphatic carbocycles. The van der Waals surface area contributed by atoms with Crippen LogP contribution in [-0.2, 0) is 19.3 Å². The van der Waals surface area contributed by atoms with E-state index in [0.29, 0.717) is 35.8 Å². The van der Waals surface area contributed by atoms with Gasteiger partial charge < -0.3 is 15.6 Å². The van der Waals surface area contributed by atoms with E-state index < -0.39 is 11.7 Å². The van der Waals surface area contributed by atoms with Gasteiger partial charge in [-0.25, -0.2) is 4.98 Å². The van der Waals surface area contributed by atoms with Crippen LogP contribution in [0, 0.1) is 0 Å². The second-order valence-electron chi connectivity index (χ2n) is 6.39. The standard InChI is InChI=1S/C19H16F3N7/c20-19(21,22)14-5-3-12(4-6-14)10-29-11-26-15-16(23)27-18(28-17(15)29)25-9-13-2-1-7-24-8-13/h1-8,11H,9-10H2,(H3,23,25,27,28). The van der Waals surface area contributed by atoms with Gasteiger partial charge in [0.25, 0.3) is 0 Å². The van der Waals surface area contributed by atoms with Gasteiger partial charge in [-0.05, 0) is 29.3 Å². The Morgan fingerprint density at radius 2 is 1.83 bits per heavy atom. The predicted molar refractivity (Wildman–Crippen MR) is 102 cm³/mol. The van der Waals surface area contributed by atoms with Crippen LogP contribution in [0.4, 0.5) is 24.9 Å². The zero-order valence-corrected chi connectivity index (χ0v) is 15.1. The number of nitrogens with two attached hydrogens (primary N) is 1. The zero-order valence-electron chi connectivity index (χ0n) is 15.1.